The van der Waals surface area contributed by atoms with E-state index in [1.54, 1.807) is 6.07 Å². The summed E-state index contributed by atoms with van der Waals surface area (Å²) in [5, 5.41) is 3.04. The fourth-order valence-corrected chi connectivity index (χ4v) is 5.32. The lowest BCUT2D eigenvalue weighted by atomic mass is 9.97. The maximum Gasteiger partial charge on any atom is 0.251 e. The number of carbonyl (C=O) groups is 1. The van der Waals surface area contributed by atoms with Crippen LogP contribution in [0.5, 0.6) is 0 Å². The largest absolute Gasteiger partial charge is 0.352 e. The number of amides is 1. The molecule has 3 rings (SSSR count). The molecule has 1 amide bonds. The second-order valence-corrected chi connectivity index (χ2v) is 10.4. The van der Waals surface area contributed by atoms with Gasteiger partial charge in [0, 0.05) is 31.2 Å². The molecule has 6 nitrogen and oxygen atoms in total. The minimum absolute atomic E-state index is 0.0805. The lowest BCUT2D eigenvalue weighted by Crippen LogP contribution is -2.43. The second-order valence-electron chi connectivity index (χ2n) is 8.26. The predicted molar refractivity (Wildman–Crippen MR) is 124 cm³/mol. The number of hydrogen-bond donors (Lipinski definition) is 2. The number of rotatable bonds is 8. The molecule has 0 aromatic heterocycles. The maximum atomic E-state index is 12.8. The van der Waals surface area contributed by atoms with Crippen molar-refractivity contribution in [1.29, 1.82) is 0 Å². The minimum atomic E-state index is -3.87. The van der Waals surface area contributed by atoms with Crippen LogP contribution in [0.25, 0.3) is 0 Å². The Morgan fingerprint density at radius 3 is 2.65 bits per heavy atom. The normalized spacial score (nSPS) is 17.6. The van der Waals surface area contributed by atoms with Crippen molar-refractivity contribution in [2.45, 2.75) is 44.2 Å². The topological polar surface area (TPSA) is 78.5 Å². The van der Waals surface area contributed by atoms with Crippen molar-refractivity contribution in [3.63, 3.8) is 0 Å². The highest BCUT2D eigenvalue weighted by atomic mass is 35.5. The summed E-state index contributed by atoms with van der Waals surface area (Å²) < 4.78 is 28.1. The zero-order valence-electron chi connectivity index (χ0n) is 18.0. The molecule has 2 N–H and O–H groups in total. The van der Waals surface area contributed by atoms with E-state index in [1.165, 1.54) is 12.1 Å². The Morgan fingerprint density at radius 2 is 1.94 bits per heavy atom. The number of nitrogens with one attached hydrogen (secondary N) is 2. The third-order valence-electron chi connectivity index (χ3n) is 5.62. The number of likely N-dealkylation sites (tertiary alicyclic amines) is 1. The molecule has 1 saturated heterocycles. The molecule has 0 saturated carbocycles. The molecule has 1 aliphatic heterocycles. The number of hydrogen-bond acceptors (Lipinski definition) is 4. The van der Waals surface area contributed by atoms with Crippen LogP contribution in [-0.2, 0) is 16.6 Å². The van der Waals surface area contributed by atoms with E-state index in [-0.39, 0.29) is 27.9 Å². The summed E-state index contributed by atoms with van der Waals surface area (Å²) in [4.78, 5) is 15.0. The molecule has 0 aliphatic carbocycles. The quantitative estimate of drug-likeness (QED) is 0.626. The van der Waals surface area contributed by atoms with Crippen LogP contribution in [0.4, 0.5) is 0 Å². The third-order valence-corrected chi connectivity index (χ3v) is 7.51. The Bertz CT molecular complexity index is 996. The first-order valence-corrected chi connectivity index (χ1v) is 12.5. The van der Waals surface area contributed by atoms with Crippen molar-refractivity contribution in [2.24, 2.45) is 5.92 Å². The van der Waals surface area contributed by atoms with Crippen molar-refractivity contribution in [2.75, 3.05) is 19.6 Å². The van der Waals surface area contributed by atoms with Gasteiger partial charge in [-0.25, -0.2) is 13.1 Å². The average molecular weight is 464 g/mol. The molecule has 1 aliphatic rings. The van der Waals surface area contributed by atoms with Gasteiger partial charge in [-0.2, -0.15) is 0 Å². The van der Waals surface area contributed by atoms with E-state index in [0.717, 1.165) is 31.5 Å². The monoisotopic (exact) mass is 463 g/mol. The minimum Gasteiger partial charge on any atom is -0.352 e. The first-order chi connectivity index (χ1) is 14.8. The zero-order chi connectivity index (χ0) is 22.4. The van der Waals surface area contributed by atoms with Crippen molar-refractivity contribution in [3.8, 4) is 0 Å². The van der Waals surface area contributed by atoms with Gasteiger partial charge in [0.05, 0.1) is 5.02 Å². The molecule has 168 valence electrons. The predicted octanol–water partition coefficient (Wildman–Crippen LogP) is 3.67. The van der Waals surface area contributed by atoms with E-state index in [4.69, 9.17) is 11.6 Å². The number of benzene rings is 2. The summed E-state index contributed by atoms with van der Waals surface area (Å²) in [5.74, 6) is 0.0981. The van der Waals surface area contributed by atoms with Crippen LogP contribution in [0.3, 0.4) is 0 Å². The summed E-state index contributed by atoms with van der Waals surface area (Å²) in [6.07, 6.45) is 2.20. The van der Waals surface area contributed by atoms with E-state index in [1.807, 2.05) is 30.3 Å². The Balaban J connectivity index is 1.64. The molecule has 1 atom stereocenters. The van der Waals surface area contributed by atoms with Gasteiger partial charge in [-0.3, -0.25) is 4.79 Å². The molecule has 1 unspecified atom stereocenters. The zero-order valence-corrected chi connectivity index (χ0v) is 19.5. The van der Waals surface area contributed by atoms with Crippen LogP contribution in [0, 0.1) is 5.92 Å². The Hall–Kier alpha value is -1.93. The van der Waals surface area contributed by atoms with Crippen LogP contribution >= 0.6 is 11.6 Å². The summed E-state index contributed by atoms with van der Waals surface area (Å²) in [6, 6.07) is 14.0. The van der Waals surface area contributed by atoms with Gasteiger partial charge in [0.1, 0.15) is 4.90 Å². The number of piperidine rings is 1. The van der Waals surface area contributed by atoms with Gasteiger partial charge in [-0.15, -0.1) is 0 Å². The summed E-state index contributed by atoms with van der Waals surface area (Å²) in [5.41, 5.74) is 1.11. The SMILES string of the molecule is CC(C)N1CCCC(CNC(=O)c2ccc(Cl)c(S(=O)(=O)NCc3ccccc3)c2)C1. The van der Waals surface area contributed by atoms with Crippen LogP contribution in [0.15, 0.2) is 53.4 Å². The lowest BCUT2D eigenvalue weighted by Gasteiger charge is -2.35. The Morgan fingerprint density at radius 1 is 1.19 bits per heavy atom. The molecule has 31 heavy (non-hydrogen) atoms. The number of nitrogens with zero attached hydrogens (tertiary/aromatic N) is 1. The summed E-state index contributed by atoms with van der Waals surface area (Å²) >= 11 is 6.16. The summed E-state index contributed by atoms with van der Waals surface area (Å²) in [6.45, 7) is 7.13. The van der Waals surface area contributed by atoms with Gasteiger partial charge in [-0.05, 0) is 62.9 Å². The van der Waals surface area contributed by atoms with Crippen molar-refractivity contribution >= 4 is 27.5 Å². The molecule has 2 aromatic carbocycles. The average Bonchev–Trinajstić information content (AvgIpc) is 2.77. The standard InChI is InChI=1S/C23H30ClN3O3S/c1-17(2)27-12-6-9-19(16-27)14-25-23(28)20-10-11-21(24)22(13-20)31(29,30)26-15-18-7-4-3-5-8-18/h3-5,7-8,10-11,13,17,19,26H,6,9,12,14-16H2,1-2H3,(H,25,28). The molecule has 0 radical (unpaired) electrons. The second kappa shape index (κ2) is 10.6. The van der Waals surface area contributed by atoms with Gasteiger partial charge in [0.25, 0.3) is 5.91 Å². The lowest BCUT2D eigenvalue weighted by molar-refractivity contribution is 0.0922. The van der Waals surface area contributed by atoms with Crippen molar-refractivity contribution < 1.29 is 13.2 Å². The molecule has 1 heterocycles. The molecule has 2 aromatic rings. The van der Waals surface area contributed by atoms with E-state index < -0.39 is 10.0 Å². The number of sulfonamides is 1. The van der Waals surface area contributed by atoms with E-state index in [9.17, 15) is 13.2 Å². The molecular formula is C23H30ClN3O3S. The molecule has 0 bridgehead atoms. The first kappa shape index (κ1) is 23.7. The highest BCUT2D eigenvalue weighted by Gasteiger charge is 2.23. The number of halogens is 1. The molecule has 1 fully saturated rings. The first-order valence-electron chi connectivity index (χ1n) is 10.6. The van der Waals surface area contributed by atoms with Gasteiger partial charge in [0.2, 0.25) is 10.0 Å². The fourth-order valence-electron chi connectivity index (χ4n) is 3.77. The third kappa shape index (κ3) is 6.53. The van der Waals surface area contributed by atoms with Crippen LogP contribution in [0.2, 0.25) is 5.02 Å². The van der Waals surface area contributed by atoms with Gasteiger partial charge in [-0.1, -0.05) is 41.9 Å². The summed E-state index contributed by atoms with van der Waals surface area (Å²) in [7, 11) is -3.87. The highest BCUT2D eigenvalue weighted by Crippen LogP contribution is 2.23. The van der Waals surface area contributed by atoms with Gasteiger partial charge >= 0.3 is 0 Å². The molecular weight excluding hydrogens is 434 g/mol. The van der Waals surface area contributed by atoms with Gasteiger partial charge in [0.15, 0.2) is 0 Å². The van der Waals surface area contributed by atoms with Crippen LogP contribution in [-0.4, -0.2) is 44.9 Å². The van der Waals surface area contributed by atoms with Crippen LogP contribution in [0.1, 0.15) is 42.6 Å². The van der Waals surface area contributed by atoms with Gasteiger partial charge < -0.3 is 10.2 Å². The van der Waals surface area contributed by atoms with Crippen LogP contribution < -0.4 is 10.0 Å². The van der Waals surface area contributed by atoms with E-state index in [2.05, 4.69) is 28.8 Å². The number of carbonyl (C=O) groups excluding carboxylic acids is 1. The fraction of sp³-hybridized carbons (Fsp3) is 0.435. The Labute approximate surface area is 190 Å². The van der Waals surface area contributed by atoms with E-state index >= 15 is 0 Å². The maximum absolute atomic E-state index is 12.8. The highest BCUT2D eigenvalue weighted by molar-refractivity contribution is 7.89. The molecule has 8 heteroatoms. The van der Waals surface area contributed by atoms with Crippen molar-refractivity contribution in [1.82, 2.24) is 14.9 Å². The Kier molecular flexibility index (Phi) is 8.11. The van der Waals surface area contributed by atoms with E-state index in [0.29, 0.717) is 18.5 Å². The molecule has 0 spiro atoms. The van der Waals surface area contributed by atoms with Crippen molar-refractivity contribution in [3.05, 3.63) is 64.7 Å². The smallest absolute Gasteiger partial charge is 0.251 e.